The van der Waals surface area contributed by atoms with Gasteiger partial charge in [-0.05, 0) is 18.7 Å². The molecule has 78 valence electrons. The molecule has 2 rings (SSSR count). The molecule has 0 bridgehead atoms. The van der Waals surface area contributed by atoms with Crippen LogP contribution < -0.4 is 5.73 Å². The molecule has 3 nitrogen and oxygen atoms in total. The number of benzene rings is 1. The lowest BCUT2D eigenvalue weighted by molar-refractivity contribution is 0.822. The Morgan fingerprint density at radius 3 is 2.67 bits per heavy atom. The minimum Gasteiger partial charge on any atom is -0.330 e. The van der Waals surface area contributed by atoms with Crippen LogP contribution in [0, 0.1) is 0 Å². The van der Waals surface area contributed by atoms with Crippen molar-refractivity contribution < 1.29 is 0 Å². The smallest absolute Gasteiger partial charge is 0.0827 e. The van der Waals surface area contributed by atoms with E-state index in [1.807, 2.05) is 36.5 Å². The fraction of sp³-hybridized carbons (Fsp3) is 0.182. The predicted molar refractivity (Wildman–Crippen MR) is 61.3 cm³/mol. The van der Waals surface area contributed by atoms with Crippen molar-refractivity contribution in [2.75, 3.05) is 6.54 Å². The lowest BCUT2D eigenvalue weighted by Crippen LogP contribution is -2.04. The van der Waals surface area contributed by atoms with Gasteiger partial charge < -0.3 is 5.73 Å². The van der Waals surface area contributed by atoms with Crippen molar-refractivity contribution in [2.24, 2.45) is 5.73 Å². The maximum atomic E-state index is 6.03. The van der Waals surface area contributed by atoms with Gasteiger partial charge in [-0.2, -0.15) is 5.10 Å². The van der Waals surface area contributed by atoms with Crippen LogP contribution in [-0.4, -0.2) is 16.3 Å². The van der Waals surface area contributed by atoms with Crippen LogP contribution >= 0.6 is 11.6 Å². The van der Waals surface area contributed by atoms with E-state index < -0.39 is 0 Å². The van der Waals surface area contributed by atoms with E-state index in [4.69, 9.17) is 17.3 Å². The molecule has 0 aliphatic rings. The van der Waals surface area contributed by atoms with Crippen molar-refractivity contribution >= 4 is 11.6 Å². The number of halogens is 1. The van der Waals surface area contributed by atoms with Gasteiger partial charge in [-0.15, -0.1) is 0 Å². The number of nitrogens with two attached hydrogens (primary N) is 1. The second-order valence-corrected chi connectivity index (χ2v) is 3.65. The summed E-state index contributed by atoms with van der Waals surface area (Å²) >= 11 is 6.03. The third-order valence-corrected chi connectivity index (χ3v) is 2.46. The molecular formula is C11H12ClN3. The number of hydrogen-bond donors (Lipinski definition) is 1. The Bertz CT molecular complexity index is 436. The minimum absolute atomic E-state index is 0.561. The van der Waals surface area contributed by atoms with Crippen LogP contribution in [0.1, 0.15) is 5.69 Å². The molecule has 2 aromatic rings. The molecule has 0 atom stereocenters. The summed E-state index contributed by atoms with van der Waals surface area (Å²) in [5.74, 6) is 0. The number of rotatable bonds is 3. The van der Waals surface area contributed by atoms with E-state index in [2.05, 4.69) is 5.10 Å². The summed E-state index contributed by atoms with van der Waals surface area (Å²) < 4.78 is 1.77. The molecule has 2 N–H and O–H groups in total. The Kier molecular flexibility index (Phi) is 3.04. The molecule has 0 radical (unpaired) electrons. The molecule has 0 amide bonds. The van der Waals surface area contributed by atoms with E-state index >= 15 is 0 Å². The zero-order valence-electron chi connectivity index (χ0n) is 8.23. The zero-order chi connectivity index (χ0) is 10.7. The van der Waals surface area contributed by atoms with Gasteiger partial charge in [0.05, 0.1) is 16.4 Å². The van der Waals surface area contributed by atoms with Crippen LogP contribution in [0.2, 0.25) is 5.02 Å². The summed E-state index contributed by atoms with van der Waals surface area (Å²) in [6.07, 6.45) is 2.51. The fourth-order valence-electron chi connectivity index (χ4n) is 1.41. The first-order chi connectivity index (χ1) is 7.31. The number of hydrogen-bond acceptors (Lipinski definition) is 2. The van der Waals surface area contributed by atoms with E-state index in [1.165, 1.54) is 0 Å². The van der Waals surface area contributed by atoms with E-state index in [-0.39, 0.29) is 0 Å². The molecule has 0 fully saturated rings. The van der Waals surface area contributed by atoms with Gasteiger partial charge in [-0.3, -0.25) is 0 Å². The molecule has 0 aliphatic heterocycles. The number of aromatic nitrogens is 2. The quantitative estimate of drug-likeness (QED) is 0.862. The molecule has 15 heavy (non-hydrogen) atoms. The molecule has 0 unspecified atom stereocenters. The summed E-state index contributed by atoms with van der Waals surface area (Å²) in [5, 5.41) is 5.05. The van der Waals surface area contributed by atoms with Crippen LogP contribution in [0.4, 0.5) is 0 Å². The maximum Gasteiger partial charge on any atom is 0.0827 e. The average molecular weight is 222 g/mol. The lowest BCUT2D eigenvalue weighted by Gasteiger charge is -1.99. The summed E-state index contributed by atoms with van der Waals surface area (Å²) in [6, 6.07) is 9.86. The van der Waals surface area contributed by atoms with Crippen molar-refractivity contribution in [3.05, 3.63) is 47.2 Å². The fourth-order valence-corrected chi connectivity index (χ4v) is 1.63. The Morgan fingerprint density at radius 2 is 2.00 bits per heavy atom. The monoisotopic (exact) mass is 221 g/mol. The molecule has 1 heterocycles. The zero-order valence-corrected chi connectivity index (χ0v) is 8.98. The number of para-hydroxylation sites is 1. The van der Waals surface area contributed by atoms with Crippen molar-refractivity contribution in [3.8, 4) is 5.69 Å². The number of nitrogens with zero attached hydrogens (tertiary/aromatic N) is 2. The predicted octanol–water partition coefficient (Wildman–Crippen LogP) is 2.03. The maximum absolute atomic E-state index is 6.03. The summed E-state index contributed by atoms with van der Waals surface area (Å²) in [4.78, 5) is 0. The standard InChI is InChI=1S/C11H12ClN3/c12-10-8-15(14-11(10)6-7-13)9-4-2-1-3-5-9/h1-5,8H,6-7,13H2. The Hall–Kier alpha value is -1.32. The Balaban J connectivity index is 2.34. The second-order valence-electron chi connectivity index (χ2n) is 3.24. The summed E-state index contributed by atoms with van der Waals surface area (Å²) in [7, 11) is 0. The van der Waals surface area contributed by atoms with Crippen LogP contribution in [0.25, 0.3) is 5.69 Å². The second kappa shape index (κ2) is 4.47. The highest BCUT2D eigenvalue weighted by molar-refractivity contribution is 6.31. The molecular weight excluding hydrogens is 210 g/mol. The SMILES string of the molecule is NCCc1nn(-c2ccccc2)cc1Cl. The largest absolute Gasteiger partial charge is 0.330 e. The average Bonchev–Trinajstić information content (AvgIpc) is 2.63. The summed E-state index contributed by atoms with van der Waals surface area (Å²) in [5.41, 5.74) is 7.32. The van der Waals surface area contributed by atoms with Gasteiger partial charge in [0, 0.05) is 12.6 Å². The summed E-state index contributed by atoms with van der Waals surface area (Å²) in [6.45, 7) is 0.561. The van der Waals surface area contributed by atoms with Gasteiger partial charge in [0.15, 0.2) is 0 Å². The normalized spacial score (nSPS) is 10.5. The molecule has 1 aromatic carbocycles. The molecule has 1 aromatic heterocycles. The first-order valence-electron chi connectivity index (χ1n) is 4.81. The van der Waals surface area contributed by atoms with Crippen LogP contribution in [0.3, 0.4) is 0 Å². The van der Waals surface area contributed by atoms with Gasteiger partial charge in [0.1, 0.15) is 0 Å². The van der Waals surface area contributed by atoms with Gasteiger partial charge in [0.2, 0.25) is 0 Å². The molecule has 0 saturated heterocycles. The highest BCUT2D eigenvalue weighted by atomic mass is 35.5. The van der Waals surface area contributed by atoms with Crippen molar-refractivity contribution in [1.29, 1.82) is 0 Å². The Labute approximate surface area is 93.5 Å². The van der Waals surface area contributed by atoms with Crippen LogP contribution in [0.15, 0.2) is 36.5 Å². The van der Waals surface area contributed by atoms with E-state index in [9.17, 15) is 0 Å². The minimum atomic E-state index is 0.561. The highest BCUT2D eigenvalue weighted by Crippen LogP contribution is 2.17. The van der Waals surface area contributed by atoms with Gasteiger partial charge in [0.25, 0.3) is 0 Å². The van der Waals surface area contributed by atoms with Crippen LogP contribution in [0.5, 0.6) is 0 Å². The van der Waals surface area contributed by atoms with E-state index in [1.54, 1.807) is 4.68 Å². The highest BCUT2D eigenvalue weighted by Gasteiger charge is 2.06. The lowest BCUT2D eigenvalue weighted by atomic mass is 10.3. The molecule has 0 spiro atoms. The molecule has 0 saturated carbocycles. The van der Waals surface area contributed by atoms with Crippen LogP contribution in [-0.2, 0) is 6.42 Å². The molecule has 0 aliphatic carbocycles. The van der Waals surface area contributed by atoms with Crippen molar-refractivity contribution in [1.82, 2.24) is 9.78 Å². The molecule has 4 heteroatoms. The third kappa shape index (κ3) is 2.19. The van der Waals surface area contributed by atoms with Crippen molar-refractivity contribution in [3.63, 3.8) is 0 Å². The topological polar surface area (TPSA) is 43.8 Å². The van der Waals surface area contributed by atoms with E-state index in [0.29, 0.717) is 18.0 Å². The van der Waals surface area contributed by atoms with Gasteiger partial charge in [-0.25, -0.2) is 4.68 Å². The Morgan fingerprint density at radius 1 is 1.27 bits per heavy atom. The van der Waals surface area contributed by atoms with Crippen molar-refractivity contribution in [2.45, 2.75) is 6.42 Å². The third-order valence-electron chi connectivity index (χ3n) is 2.14. The van der Waals surface area contributed by atoms with E-state index in [0.717, 1.165) is 11.4 Å². The van der Waals surface area contributed by atoms with Gasteiger partial charge >= 0.3 is 0 Å². The first-order valence-corrected chi connectivity index (χ1v) is 5.18. The first kappa shape index (κ1) is 10.2. The van der Waals surface area contributed by atoms with Gasteiger partial charge in [-0.1, -0.05) is 29.8 Å².